The molecule has 4 nitrogen and oxygen atoms in total. The second-order valence-electron chi connectivity index (χ2n) is 6.17. The fourth-order valence-corrected chi connectivity index (χ4v) is 2.35. The number of rotatable bonds is 3. The number of alkyl halides is 1. The van der Waals surface area contributed by atoms with Crippen molar-refractivity contribution in [3.05, 3.63) is 0 Å². The number of hydrogen-bond donors (Lipinski definition) is 0. The molecule has 0 N–H and O–H groups in total. The molecular formula is C13H24BrNO3. The van der Waals surface area contributed by atoms with Crippen LogP contribution in [0, 0.1) is 5.92 Å². The van der Waals surface area contributed by atoms with Crippen LogP contribution >= 0.6 is 15.9 Å². The Morgan fingerprint density at radius 2 is 2.00 bits per heavy atom. The average Bonchev–Trinajstić information content (AvgIpc) is 2.54. The van der Waals surface area contributed by atoms with Gasteiger partial charge in [-0.05, 0) is 26.7 Å². The van der Waals surface area contributed by atoms with Crippen LogP contribution in [0.3, 0.4) is 0 Å². The molecule has 106 valence electrons. The molecular weight excluding hydrogens is 298 g/mol. The molecule has 1 heterocycles. The Morgan fingerprint density at radius 3 is 2.50 bits per heavy atom. The molecule has 1 saturated heterocycles. The second kappa shape index (κ2) is 6.24. The van der Waals surface area contributed by atoms with Gasteiger partial charge in [0.05, 0.1) is 17.5 Å². The summed E-state index contributed by atoms with van der Waals surface area (Å²) >= 11 is 3.57. The minimum Gasteiger partial charge on any atom is -0.444 e. The van der Waals surface area contributed by atoms with Crippen molar-refractivity contribution in [2.75, 3.05) is 19.7 Å². The summed E-state index contributed by atoms with van der Waals surface area (Å²) in [6, 6.07) is 0. The van der Waals surface area contributed by atoms with Gasteiger partial charge in [0.25, 0.3) is 0 Å². The molecule has 0 aromatic heterocycles. The molecule has 0 radical (unpaired) electrons. The largest absolute Gasteiger partial charge is 0.444 e. The number of amides is 1. The van der Waals surface area contributed by atoms with Crippen molar-refractivity contribution in [2.24, 2.45) is 5.92 Å². The highest BCUT2D eigenvalue weighted by atomic mass is 79.9. The van der Waals surface area contributed by atoms with Crippen LogP contribution in [-0.2, 0) is 9.47 Å². The number of carbonyl (C=O) groups is 1. The molecule has 0 spiro atoms. The van der Waals surface area contributed by atoms with E-state index in [1.54, 1.807) is 4.90 Å². The van der Waals surface area contributed by atoms with Crippen molar-refractivity contribution >= 4 is 22.0 Å². The van der Waals surface area contributed by atoms with Crippen LogP contribution in [0.4, 0.5) is 4.79 Å². The van der Waals surface area contributed by atoms with E-state index in [1.165, 1.54) is 0 Å². The summed E-state index contributed by atoms with van der Waals surface area (Å²) in [5, 5.41) is 0. The van der Waals surface area contributed by atoms with Crippen LogP contribution in [0.2, 0.25) is 0 Å². The minimum atomic E-state index is -0.449. The Bertz CT molecular complexity index is 288. The first-order valence-corrected chi connectivity index (χ1v) is 7.34. The van der Waals surface area contributed by atoms with Crippen molar-refractivity contribution in [1.29, 1.82) is 0 Å². The SMILES string of the molecule is CC(C)COC1CN(C(=O)OC(C)(C)C)CC1Br. The maximum absolute atomic E-state index is 11.9. The molecule has 1 aliphatic heterocycles. The third-order valence-corrected chi connectivity index (χ3v) is 3.37. The molecule has 0 bridgehead atoms. The van der Waals surface area contributed by atoms with Gasteiger partial charge >= 0.3 is 6.09 Å². The summed E-state index contributed by atoms with van der Waals surface area (Å²) in [5.74, 6) is 0.500. The Morgan fingerprint density at radius 1 is 1.39 bits per heavy atom. The Hall–Kier alpha value is -0.290. The van der Waals surface area contributed by atoms with Gasteiger partial charge < -0.3 is 14.4 Å². The number of ether oxygens (including phenoxy) is 2. The molecule has 1 amide bonds. The van der Waals surface area contributed by atoms with Crippen LogP contribution in [0.1, 0.15) is 34.6 Å². The van der Waals surface area contributed by atoms with Crippen LogP contribution in [0.25, 0.3) is 0 Å². The number of halogens is 1. The molecule has 2 atom stereocenters. The van der Waals surface area contributed by atoms with E-state index < -0.39 is 5.60 Å². The molecule has 1 aliphatic rings. The predicted octanol–water partition coefficient (Wildman–Crippen LogP) is 3.04. The summed E-state index contributed by atoms with van der Waals surface area (Å²) in [6.07, 6.45) is -0.206. The van der Waals surface area contributed by atoms with Crippen LogP contribution < -0.4 is 0 Å². The maximum atomic E-state index is 11.9. The number of nitrogens with zero attached hydrogens (tertiary/aromatic N) is 1. The number of carbonyl (C=O) groups excluding carboxylic acids is 1. The van der Waals surface area contributed by atoms with Crippen molar-refractivity contribution in [1.82, 2.24) is 4.90 Å². The van der Waals surface area contributed by atoms with Gasteiger partial charge in [-0.1, -0.05) is 29.8 Å². The van der Waals surface area contributed by atoms with Gasteiger partial charge in [-0.25, -0.2) is 4.79 Å². The highest BCUT2D eigenvalue weighted by Gasteiger charge is 2.36. The molecule has 1 fully saturated rings. The van der Waals surface area contributed by atoms with Gasteiger partial charge in [0.1, 0.15) is 5.60 Å². The van der Waals surface area contributed by atoms with E-state index in [0.29, 0.717) is 19.0 Å². The van der Waals surface area contributed by atoms with Crippen LogP contribution in [0.15, 0.2) is 0 Å². The van der Waals surface area contributed by atoms with E-state index in [4.69, 9.17) is 9.47 Å². The second-order valence-corrected chi connectivity index (χ2v) is 7.34. The third kappa shape index (κ3) is 5.14. The lowest BCUT2D eigenvalue weighted by Crippen LogP contribution is -2.36. The van der Waals surface area contributed by atoms with Gasteiger partial charge in [-0.3, -0.25) is 0 Å². The fraction of sp³-hybridized carbons (Fsp3) is 0.923. The molecule has 0 aromatic rings. The lowest BCUT2D eigenvalue weighted by atomic mass is 10.2. The zero-order chi connectivity index (χ0) is 13.9. The molecule has 1 rings (SSSR count). The quantitative estimate of drug-likeness (QED) is 0.750. The molecule has 18 heavy (non-hydrogen) atoms. The van der Waals surface area contributed by atoms with Gasteiger partial charge in [-0.15, -0.1) is 0 Å². The van der Waals surface area contributed by atoms with Crippen molar-refractivity contribution < 1.29 is 14.3 Å². The number of likely N-dealkylation sites (tertiary alicyclic amines) is 1. The zero-order valence-electron chi connectivity index (χ0n) is 11.9. The molecule has 5 heteroatoms. The Labute approximate surface area is 118 Å². The minimum absolute atomic E-state index is 0.0555. The average molecular weight is 322 g/mol. The van der Waals surface area contributed by atoms with Crippen LogP contribution in [-0.4, -0.2) is 47.2 Å². The molecule has 0 aromatic carbocycles. The lowest BCUT2D eigenvalue weighted by molar-refractivity contribution is 0.0180. The fourth-order valence-electron chi connectivity index (χ4n) is 1.68. The van der Waals surface area contributed by atoms with Gasteiger partial charge in [0.2, 0.25) is 0 Å². The summed E-state index contributed by atoms with van der Waals surface area (Å²) in [4.78, 5) is 13.8. The molecule has 2 unspecified atom stereocenters. The van der Waals surface area contributed by atoms with E-state index in [0.717, 1.165) is 6.61 Å². The highest BCUT2D eigenvalue weighted by Crippen LogP contribution is 2.23. The first-order chi connectivity index (χ1) is 8.19. The van der Waals surface area contributed by atoms with E-state index in [1.807, 2.05) is 20.8 Å². The first kappa shape index (κ1) is 15.8. The topological polar surface area (TPSA) is 38.8 Å². The zero-order valence-corrected chi connectivity index (χ0v) is 13.5. The summed E-state index contributed by atoms with van der Waals surface area (Å²) in [7, 11) is 0. The smallest absolute Gasteiger partial charge is 0.410 e. The van der Waals surface area contributed by atoms with E-state index in [9.17, 15) is 4.79 Å². The molecule has 0 saturated carbocycles. The summed E-state index contributed by atoms with van der Waals surface area (Å²) < 4.78 is 11.1. The summed E-state index contributed by atoms with van der Waals surface area (Å²) in [5.41, 5.74) is -0.449. The van der Waals surface area contributed by atoms with Gasteiger partial charge in [0, 0.05) is 13.2 Å². The third-order valence-electron chi connectivity index (χ3n) is 2.49. The van der Waals surface area contributed by atoms with E-state index >= 15 is 0 Å². The van der Waals surface area contributed by atoms with Crippen LogP contribution in [0.5, 0.6) is 0 Å². The van der Waals surface area contributed by atoms with Gasteiger partial charge in [-0.2, -0.15) is 0 Å². The Kier molecular flexibility index (Phi) is 5.46. The number of hydrogen-bond acceptors (Lipinski definition) is 3. The van der Waals surface area contributed by atoms with Gasteiger partial charge in [0.15, 0.2) is 0 Å². The maximum Gasteiger partial charge on any atom is 0.410 e. The lowest BCUT2D eigenvalue weighted by Gasteiger charge is -2.24. The van der Waals surface area contributed by atoms with Crippen molar-refractivity contribution in [3.8, 4) is 0 Å². The predicted molar refractivity (Wildman–Crippen MR) is 75.1 cm³/mol. The summed E-state index contributed by atoms with van der Waals surface area (Å²) in [6.45, 7) is 11.8. The van der Waals surface area contributed by atoms with E-state index in [-0.39, 0.29) is 17.0 Å². The van der Waals surface area contributed by atoms with E-state index in [2.05, 4.69) is 29.8 Å². The van der Waals surface area contributed by atoms with Crippen molar-refractivity contribution in [2.45, 2.75) is 51.2 Å². The van der Waals surface area contributed by atoms with Crippen molar-refractivity contribution in [3.63, 3.8) is 0 Å². The molecule has 0 aliphatic carbocycles. The standard InChI is InChI=1S/C13H24BrNO3/c1-9(2)8-17-11-7-15(6-10(11)14)12(16)18-13(3,4)5/h9-11H,6-8H2,1-5H3. The highest BCUT2D eigenvalue weighted by molar-refractivity contribution is 9.09. The monoisotopic (exact) mass is 321 g/mol. The first-order valence-electron chi connectivity index (χ1n) is 6.42. The Balaban J connectivity index is 2.45. The normalized spacial score (nSPS) is 24.7.